The monoisotopic (exact) mass is 328 g/mol. The second kappa shape index (κ2) is 6.59. The summed E-state index contributed by atoms with van der Waals surface area (Å²) in [6.45, 7) is 0. The zero-order valence-electron chi connectivity index (χ0n) is 9.17. The molecule has 1 N–H and O–H groups in total. The molecule has 0 aliphatic carbocycles. The van der Waals surface area contributed by atoms with E-state index in [1.807, 2.05) is 23.6 Å². The number of aliphatic hydroxyl groups is 1. The highest BCUT2D eigenvalue weighted by atomic mass is 79.9. The number of hydrogen-bond acceptors (Lipinski definition) is 3. The van der Waals surface area contributed by atoms with Gasteiger partial charge in [-0.25, -0.2) is 0 Å². The lowest BCUT2D eigenvalue weighted by Crippen LogP contribution is -2.12. The van der Waals surface area contributed by atoms with Gasteiger partial charge in [-0.3, -0.25) is 0 Å². The standard InChI is InChI=1S/C13H13BrOS2/c14-10-3-1-4-12(7-10)17-9-11(15)8-13-5-2-6-16-13/h1-7,11,15H,8-9H2. The van der Waals surface area contributed by atoms with Crippen molar-refractivity contribution in [3.8, 4) is 0 Å². The van der Waals surface area contributed by atoms with Crippen molar-refractivity contribution in [1.82, 2.24) is 0 Å². The molecule has 0 aliphatic heterocycles. The van der Waals surface area contributed by atoms with Crippen molar-refractivity contribution in [2.45, 2.75) is 17.4 Å². The van der Waals surface area contributed by atoms with E-state index >= 15 is 0 Å². The molecule has 0 aliphatic rings. The van der Waals surface area contributed by atoms with Crippen LogP contribution in [0.25, 0.3) is 0 Å². The van der Waals surface area contributed by atoms with Crippen LogP contribution in [0.5, 0.6) is 0 Å². The molecule has 2 rings (SSSR count). The summed E-state index contributed by atoms with van der Waals surface area (Å²) >= 11 is 6.83. The van der Waals surface area contributed by atoms with Gasteiger partial charge in [0.05, 0.1) is 6.10 Å². The van der Waals surface area contributed by atoms with Gasteiger partial charge in [-0.2, -0.15) is 0 Å². The first-order valence-corrected chi connectivity index (χ1v) is 7.98. The van der Waals surface area contributed by atoms with E-state index in [9.17, 15) is 5.11 Å². The van der Waals surface area contributed by atoms with E-state index in [1.165, 1.54) is 9.77 Å². The second-order valence-corrected chi connectivity index (χ2v) is 6.75. The van der Waals surface area contributed by atoms with Crippen molar-refractivity contribution in [3.63, 3.8) is 0 Å². The molecule has 1 heterocycles. The maximum absolute atomic E-state index is 9.93. The predicted octanol–water partition coefficient (Wildman–Crippen LogP) is 4.21. The molecule has 0 amide bonds. The number of rotatable bonds is 5. The average Bonchev–Trinajstić information content (AvgIpc) is 2.79. The van der Waals surface area contributed by atoms with Crippen molar-refractivity contribution in [2.24, 2.45) is 0 Å². The minimum atomic E-state index is -0.280. The maximum Gasteiger partial charge on any atom is 0.0682 e. The molecule has 1 aromatic carbocycles. The van der Waals surface area contributed by atoms with Crippen LogP contribution in [0, 0.1) is 0 Å². The van der Waals surface area contributed by atoms with Crippen molar-refractivity contribution in [2.75, 3.05) is 5.75 Å². The van der Waals surface area contributed by atoms with Gasteiger partial charge < -0.3 is 5.11 Å². The Kier molecular flexibility index (Phi) is 5.10. The third kappa shape index (κ3) is 4.47. The van der Waals surface area contributed by atoms with Crippen molar-refractivity contribution in [3.05, 3.63) is 51.1 Å². The molecule has 1 nitrogen and oxygen atoms in total. The molecule has 1 atom stereocenters. The molecular weight excluding hydrogens is 316 g/mol. The van der Waals surface area contributed by atoms with Gasteiger partial charge in [-0.1, -0.05) is 28.1 Å². The summed E-state index contributed by atoms with van der Waals surface area (Å²) in [6.07, 6.45) is 0.469. The first kappa shape index (κ1) is 13.1. The van der Waals surface area contributed by atoms with Crippen LogP contribution < -0.4 is 0 Å². The van der Waals surface area contributed by atoms with Crippen LogP contribution in [0.4, 0.5) is 0 Å². The van der Waals surface area contributed by atoms with Gasteiger partial charge >= 0.3 is 0 Å². The number of thiophene rings is 1. The van der Waals surface area contributed by atoms with Gasteiger partial charge in [0.2, 0.25) is 0 Å². The van der Waals surface area contributed by atoms with Gasteiger partial charge in [-0.05, 0) is 29.6 Å². The summed E-state index contributed by atoms with van der Waals surface area (Å²) in [5.41, 5.74) is 0. The zero-order valence-corrected chi connectivity index (χ0v) is 12.4. The van der Waals surface area contributed by atoms with E-state index in [0.717, 1.165) is 16.6 Å². The molecule has 4 heteroatoms. The molecule has 0 radical (unpaired) electrons. The van der Waals surface area contributed by atoms with E-state index in [4.69, 9.17) is 0 Å². The average molecular weight is 329 g/mol. The number of thioether (sulfide) groups is 1. The van der Waals surface area contributed by atoms with E-state index in [2.05, 4.69) is 34.1 Å². The van der Waals surface area contributed by atoms with Crippen LogP contribution in [0.2, 0.25) is 0 Å². The molecule has 0 saturated carbocycles. The van der Waals surface area contributed by atoms with Crippen LogP contribution in [0.15, 0.2) is 51.1 Å². The van der Waals surface area contributed by atoms with E-state index < -0.39 is 0 Å². The third-order valence-corrected chi connectivity index (χ3v) is 4.79. The third-order valence-electron chi connectivity index (χ3n) is 2.26. The summed E-state index contributed by atoms with van der Waals surface area (Å²) in [5, 5.41) is 12.0. The van der Waals surface area contributed by atoms with Crippen molar-refractivity contribution >= 4 is 39.0 Å². The largest absolute Gasteiger partial charge is 0.392 e. The fourth-order valence-corrected chi connectivity index (χ4v) is 3.69. The topological polar surface area (TPSA) is 20.2 Å². The summed E-state index contributed by atoms with van der Waals surface area (Å²) in [7, 11) is 0. The Morgan fingerprint density at radius 2 is 2.18 bits per heavy atom. The minimum Gasteiger partial charge on any atom is -0.392 e. The highest BCUT2D eigenvalue weighted by Gasteiger charge is 2.07. The lowest BCUT2D eigenvalue weighted by Gasteiger charge is -2.09. The minimum absolute atomic E-state index is 0.280. The lowest BCUT2D eigenvalue weighted by atomic mass is 10.2. The van der Waals surface area contributed by atoms with Gasteiger partial charge in [0, 0.05) is 26.4 Å². The molecule has 0 saturated heterocycles. The summed E-state index contributed by atoms with van der Waals surface area (Å²) in [6, 6.07) is 12.2. The molecule has 1 unspecified atom stereocenters. The first-order chi connectivity index (χ1) is 8.24. The summed E-state index contributed by atoms with van der Waals surface area (Å²) in [5.74, 6) is 0.731. The van der Waals surface area contributed by atoms with Crippen LogP contribution in [0.1, 0.15) is 4.88 Å². The fourth-order valence-electron chi connectivity index (χ4n) is 1.47. The highest BCUT2D eigenvalue weighted by Crippen LogP contribution is 2.23. The Labute approximate surface area is 118 Å². The molecule has 0 spiro atoms. The molecule has 2 aromatic rings. The number of hydrogen-bond donors (Lipinski definition) is 1. The Morgan fingerprint density at radius 3 is 2.88 bits per heavy atom. The van der Waals surface area contributed by atoms with Crippen LogP contribution in [-0.2, 0) is 6.42 Å². The highest BCUT2D eigenvalue weighted by molar-refractivity contribution is 9.10. The van der Waals surface area contributed by atoms with Crippen LogP contribution in [-0.4, -0.2) is 17.0 Å². The normalized spacial score (nSPS) is 12.6. The smallest absolute Gasteiger partial charge is 0.0682 e. The van der Waals surface area contributed by atoms with E-state index in [1.54, 1.807) is 23.1 Å². The predicted molar refractivity (Wildman–Crippen MR) is 78.9 cm³/mol. The first-order valence-electron chi connectivity index (χ1n) is 5.33. The summed E-state index contributed by atoms with van der Waals surface area (Å²) in [4.78, 5) is 2.43. The molecule has 17 heavy (non-hydrogen) atoms. The SMILES string of the molecule is OC(CSc1cccc(Br)c1)Cc1cccs1. The Morgan fingerprint density at radius 1 is 1.29 bits per heavy atom. The van der Waals surface area contributed by atoms with Gasteiger partial charge in [0.1, 0.15) is 0 Å². The Bertz CT molecular complexity index is 456. The Hall–Kier alpha value is -0.290. The zero-order chi connectivity index (χ0) is 12.1. The number of halogens is 1. The van der Waals surface area contributed by atoms with E-state index in [0.29, 0.717) is 0 Å². The molecule has 0 fully saturated rings. The second-order valence-electron chi connectivity index (χ2n) is 3.71. The van der Waals surface area contributed by atoms with Crippen LogP contribution in [0.3, 0.4) is 0 Å². The number of benzene rings is 1. The van der Waals surface area contributed by atoms with Gasteiger partial charge in [0.15, 0.2) is 0 Å². The van der Waals surface area contributed by atoms with Crippen molar-refractivity contribution in [1.29, 1.82) is 0 Å². The molecule has 1 aromatic heterocycles. The quantitative estimate of drug-likeness (QED) is 0.830. The fraction of sp³-hybridized carbons (Fsp3) is 0.231. The van der Waals surface area contributed by atoms with Crippen LogP contribution >= 0.6 is 39.0 Å². The lowest BCUT2D eigenvalue weighted by molar-refractivity contribution is 0.201. The van der Waals surface area contributed by atoms with E-state index in [-0.39, 0.29) is 6.10 Å². The molecule has 90 valence electrons. The van der Waals surface area contributed by atoms with Gasteiger partial charge in [0.25, 0.3) is 0 Å². The molecule has 0 bridgehead atoms. The Balaban J connectivity index is 1.82. The summed E-state index contributed by atoms with van der Waals surface area (Å²) < 4.78 is 1.08. The van der Waals surface area contributed by atoms with Crippen molar-refractivity contribution < 1.29 is 5.11 Å². The molecular formula is C13H13BrOS2. The number of aliphatic hydroxyl groups excluding tert-OH is 1. The maximum atomic E-state index is 9.93. The van der Waals surface area contributed by atoms with Gasteiger partial charge in [-0.15, -0.1) is 23.1 Å².